The summed E-state index contributed by atoms with van der Waals surface area (Å²) < 4.78 is 1.71. The largest absolute Gasteiger partial charge is 0.294 e. The Balaban J connectivity index is 1.74. The average Bonchev–Trinajstić information content (AvgIpc) is 3.11. The first-order valence-electron chi connectivity index (χ1n) is 9.88. The van der Waals surface area contributed by atoms with Crippen LogP contribution < -0.4 is 5.56 Å². The van der Waals surface area contributed by atoms with Crippen molar-refractivity contribution in [1.29, 1.82) is 0 Å². The van der Waals surface area contributed by atoms with E-state index >= 15 is 0 Å². The summed E-state index contributed by atoms with van der Waals surface area (Å²) in [4.78, 5) is 18.7. The second-order valence-electron chi connectivity index (χ2n) is 8.75. The smallest absolute Gasteiger partial charge is 0.263 e. The van der Waals surface area contributed by atoms with E-state index in [0.29, 0.717) is 11.9 Å². The lowest BCUT2D eigenvalue weighted by molar-refractivity contribution is 0.589. The van der Waals surface area contributed by atoms with Gasteiger partial charge in [-0.2, -0.15) is 0 Å². The van der Waals surface area contributed by atoms with Gasteiger partial charge < -0.3 is 0 Å². The van der Waals surface area contributed by atoms with Crippen LogP contribution in [0.1, 0.15) is 43.0 Å². The third-order valence-electron chi connectivity index (χ3n) is 5.55. The molecule has 0 spiro atoms. The molecule has 0 aliphatic heterocycles. The topological polar surface area (TPSA) is 34.9 Å². The summed E-state index contributed by atoms with van der Waals surface area (Å²) in [5.74, 6) is 0. The van der Waals surface area contributed by atoms with E-state index in [-0.39, 0.29) is 11.0 Å². The van der Waals surface area contributed by atoms with Crippen molar-refractivity contribution in [2.45, 2.75) is 46.6 Å². The van der Waals surface area contributed by atoms with Crippen molar-refractivity contribution in [1.82, 2.24) is 9.55 Å². The highest BCUT2D eigenvalue weighted by atomic mass is 32.1. The van der Waals surface area contributed by atoms with Gasteiger partial charge in [0.15, 0.2) is 0 Å². The van der Waals surface area contributed by atoms with Gasteiger partial charge in [0.25, 0.3) is 5.56 Å². The predicted octanol–water partition coefficient (Wildman–Crippen LogP) is 6.09. The van der Waals surface area contributed by atoms with Gasteiger partial charge in [0.2, 0.25) is 0 Å². The van der Waals surface area contributed by atoms with Crippen LogP contribution in [0.4, 0.5) is 0 Å². The number of rotatable bonds is 3. The normalized spacial score (nSPS) is 11.9. The number of thiophene rings is 1. The molecule has 0 aliphatic carbocycles. The highest BCUT2D eigenvalue weighted by Crippen LogP contribution is 2.31. The summed E-state index contributed by atoms with van der Waals surface area (Å²) in [5, 5.41) is 2.76. The van der Waals surface area contributed by atoms with E-state index in [1.807, 2.05) is 5.38 Å². The Morgan fingerprint density at radius 1 is 1.00 bits per heavy atom. The third-order valence-corrected chi connectivity index (χ3v) is 6.44. The zero-order valence-electron chi connectivity index (χ0n) is 17.6. The van der Waals surface area contributed by atoms with Crippen LogP contribution in [-0.4, -0.2) is 9.55 Å². The fourth-order valence-corrected chi connectivity index (χ4v) is 4.41. The fourth-order valence-electron chi connectivity index (χ4n) is 3.51. The maximum atomic E-state index is 13.3. The molecule has 148 valence electrons. The van der Waals surface area contributed by atoms with Gasteiger partial charge in [-0.1, -0.05) is 63.2 Å². The highest BCUT2D eigenvalue weighted by molar-refractivity contribution is 7.17. The van der Waals surface area contributed by atoms with E-state index < -0.39 is 0 Å². The van der Waals surface area contributed by atoms with Crippen LogP contribution in [0, 0.1) is 13.8 Å². The molecule has 0 aliphatic rings. The fraction of sp³-hybridized carbons (Fsp3) is 0.280. The number of fused-ring (bicyclic) bond motifs is 1. The Hall–Kier alpha value is -2.72. The molecular weight excluding hydrogens is 376 g/mol. The zero-order valence-corrected chi connectivity index (χ0v) is 18.4. The molecule has 29 heavy (non-hydrogen) atoms. The number of aromatic nitrogens is 2. The molecule has 0 radical (unpaired) electrons. The maximum absolute atomic E-state index is 13.3. The van der Waals surface area contributed by atoms with Gasteiger partial charge in [0.05, 0.1) is 18.3 Å². The molecular formula is C25H26N2OS. The second kappa shape index (κ2) is 7.27. The van der Waals surface area contributed by atoms with Gasteiger partial charge in [-0.25, -0.2) is 4.98 Å². The van der Waals surface area contributed by atoms with Crippen LogP contribution in [0.25, 0.3) is 21.3 Å². The molecule has 2 aromatic carbocycles. The number of hydrogen-bond donors (Lipinski definition) is 0. The van der Waals surface area contributed by atoms with E-state index in [9.17, 15) is 4.79 Å². The minimum Gasteiger partial charge on any atom is -0.294 e. The predicted molar refractivity (Wildman–Crippen MR) is 123 cm³/mol. The van der Waals surface area contributed by atoms with Crippen molar-refractivity contribution in [2.24, 2.45) is 0 Å². The quantitative estimate of drug-likeness (QED) is 0.416. The van der Waals surface area contributed by atoms with E-state index in [1.54, 1.807) is 10.9 Å². The van der Waals surface area contributed by atoms with Crippen LogP contribution in [0.2, 0.25) is 0 Å². The van der Waals surface area contributed by atoms with Crippen molar-refractivity contribution in [3.63, 3.8) is 0 Å². The molecule has 0 amide bonds. The molecule has 0 atom stereocenters. The van der Waals surface area contributed by atoms with Crippen molar-refractivity contribution < 1.29 is 0 Å². The van der Waals surface area contributed by atoms with Crippen LogP contribution in [0.5, 0.6) is 0 Å². The lowest BCUT2D eigenvalue weighted by Crippen LogP contribution is -2.21. The Morgan fingerprint density at radius 3 is 2.38 bits per heavy atom. The number of nitrogens with zero attached hydrogens (tertiary/aromatic N) is 2. The molecule has 3 nitrogen and oxygen atoms in total. The minimum absolute atomic E-state index is 0.0179. The van der Waals surface area contributed by atoms with E-state index in [4.69, 9.17) is 0 Å². The van der Waals surface area contributed by atoms with Gasteiger partial charge in [0, 0.05) is 10.9 Å². The monoisotopic (exact) mass is 402 g/mol. The Labute approximate surface area is 175 Å². The van der Waals surface area contributed by atoms with Crippen LogP contribution in [0.15, 0.2) is 59.0 Å². The zero-order chi connectivity index (χ0) is 20.8. The van der Waals surface area contributed by atoms with E-state index in [1.165, 1.54) is 28.0 Å². The molecule has 0 N–H and O–H groups in total. The van der Waals surface area contributed by atoms with E-state index in [2.05, 4.69) is 82.1 Å². The molecule has 2 heterocycles. The van der Waals surface area contributed by atoms with Crippen LogP contribution in [0.3, 0.4) is 0 Å². The van der Waals surface area contributed by atoms with Gasteiger partial charge in [-0.3, -0.25) is 9.36 Å². The molecule has 4 rings (SSSR count). The first-order chi connectivity index (χ1) is 13.7. The molecule has 0 unspecified atom stereocenters. The molecule has 0 saturated heterocycles. The highest BCUT2D eigenvalue weighted by Gasteiger charge is 2.15. The van der Waals surface area contributed by atoms with Crippen molar-refractivity contribution >= 4 is 21.6 Å². The second-order valence-corrected chi connectivity index (χ2v) is 9.61. The summed E-state index contributed by atoms with van der Waals surface area (Å²) >= 11 is 1.53. The maximum Gasteiger partial charge on any atom is 0.263 e. The molecule has 0 fully saturated rings. The molecule has 0 bridgehead atoms. The summed E-state index contributed by atoms with van der Waals surface area (Å²) in [5.41, 5.74) is 7.06. The number of aryl methyl sites for hydroxylation is 2. The van der Waals surface area contributed by atoms with Gasteiger partial charge in [-0.15, -0.1) is 11.3 Å². The molecule has 4 aromatic rings. The first kappa shape index (κ1) is 19.6. The van der Waals surface area contributed by atoms with Gasteiger partial charge >= 0.3 is 0 Å². The summed E-state index contributed by atoms with van der Waals surface area (Å²) in [6.45, 7) is 11.3. The SMILES string of the molecule is Cc1ccc(-c2csc3ncn(Cc4ccc(C(C)(C)C)cc4)c(=O)c23)cc1C. The lowest BCUT2D eigenvalue weighted by atomic mass is 9.87. The third kappa shape index (κ3) is 3.77. The summed E-state index contributed by atoms with van der Waals surface area (Å²) in [6.07, 6.45) is 1.67. The van der Waals surface area contributed by atoms with Crippen LogP contribution >= 0.6 is 11.3 Å². The standard InChI is InChI=1S/C25H26N2OS/c1-16-6-9-19(12-17(16)2)21-14-29-23-22(21)24(28)27(15-26-23)13-18-7-10-20(11-8-18)25(3,4)5/h6-12,14-15H,13H2,1-5H3. The van der Waals surface area contributed by atoms with Crippen LogP contribution in [-0.2, 0) is 12.0 Å². The van der Waals surface area contributed by atoms with Crippen molar-refractivity contribution in [2.75, 3.05) is 0 Å². The first-order valence-corrected chi connectivity index (χ1v) is 10.8. The van der Waals surface area contributed by atoms with Gasteiger partial charge in [-0.05, 0) is 47.1 Å². The Morgan fingerprint density at radius 2 is 1.72 bits per heavy atom. The average molecular weight is 403 g/mol. The van der Waals surface area contributed by atoms with Gasteiger partial charge in [0.1, 0.15) is 4.83 Å². The minimum atomic E-state index is 0.0179. The number of hydrogen-bond acceptors (Lipinski definition) is 3. The van der Waals surface area contributed by atoms with Crippen molar-refractivity contribution in [3.8, 4) is 11.1 Å². The van der Waals surface area contributed by atoms with Crippen molar-refractivity contribution in [3.05, 3.63) is 86.8 Å². The summed E-state index contributed by atoms with van der Waals surface area (Å²) in [6, 6.07) is 14.9. The summed E-state index contributed by atoms with van der Waals surface area (Å²) in [7, 11) is 0. The molecule has 0 saturated carbocycles. The molecule has 4 heteroatoms. The Bertz CT molecular complexity index is 1240. The number of benzene rings is 2. The Kier molecular flexibility index (Phi) is 4.91. The van der Waals surface area contributed by atoms with E-state index in [0.717, 1.165) is 21.5 Å². The molecule has 2 aromatic heterocycles. The lowest BCUT2D eigenvalue weighted by Gasteiger charge is -2.19.